The second-order valence-electron chi connectivity index (χ2n) is 8.02. The molecule has 1 aromatic heterocycles. The second-order valence-corrected chi connectivity index (χ2v) is 8.02. The van der Waals surface area contributed by atoms with Crippen LogP contribution in [0.15, 0.2) is 72.8 Å². The van der Waals surface area contributed by atoms with E-state index >= 15 is 0 Å². The smallest absolute Gasteiger partial charge is 0.227 e. The molecule has 2 heterocycles. The number of nitrogens with zero attached hydrogens (tertiary/aromatic N) is 3. The Bertz CT molecular complexity index is 1300. The number of hydrogen-bond acceptors (Lipinski definition) is 4. The van der Waals surface area contributed by atoms with Gasteiger partial charge in [0.2, 0.25) is 5.91 Å². The van der Waals surface area contributed by atoms with Crippen LogP contribution in [-0.4, -0.2) is 35.7 Å². The molecule has 3 aromatic carbocycles. The number of rotatable bonds is 7. The number of fused-ring (bicyclic) bond motifs is 1. The molecular formula is C26H24FN3O3. The van der Waals surface area contributed by atoms with E-state index in [1.807, 2.05) is 48.5 Å². The highest BCUT2D eigenvalue weighted by Gasteiger charge is 2.35. The lowest BCUT2D eigenvalue weighted by Crippen LogP contribution is -2.24. The minimum absolute atomic E-state index is 0.0307. The molecule has 1 amide bonds. The number of carbonyl (C=O) groups excluding carboxylic acids is 1. The van der Waals surface area contributed by atoms with E-state index in [1.54, 1.807) is 24.1 Å². The van der Waals surface area contributed by atoms with Crippen molar-refractivity contribution >= 4 is 22.6 Å². The summed E-state index contributed by atoms with van der Waals surface area (Å²) in [6.07, 6.45) is 0.330. The summed E-state index contributed by atoms with van der Waals surface area (Å²) in [4.78, 5) is 19.3. The van der Waals surface area contributed by atoms with E-state index in [4.69, 9.17) is 14.5 Å². The van der Waals surface area contributed by atoms with Crippen LogP contribution < -0.4 is 14.4 Å². The predicted molar refractivity (Wildman–Crippen MR) is 124 cm³/mol. The van der Waals surface area contributed by atoms with E-state index in [-0.39, 0.29) is 17.6 Å². The van der Waals surface area contributed by atoms with Gasteiger partial charge in [0.1, 0.15) is 29.7 Å². The van der Waals surface area contributed by atoms with Crippen molar-refractivity contribution in [2.75, 3.05) is 25.2 Å². The van der Waals surface area contributed by atoms with Gasteiger partial charge in [0.15, 0.2) is 0 Å². The van der Waals surface area contributed by atoms with Crippen molar-refractivity contribution in [3.05, 3.63) is 84.4 Å². The molecule has 4 aromatic rings. The molecular weight excluding hydrogens is 421 g/mol. The Morgan fingerprint density at radius 1 is 1.03 bits per heavy atom. The van der Waals surface area contributed by atoms with E-state index in [2.05, 4.69) is 4.57 Å². The van der Waals surface area contributed by atoms with Crippen LogP contribution in [0.1, 0.15) is 18.2 Å². The molecule has 168 valence electrons. The molecule has 7 heteroatoms. The zero-order valence-corrected chi connectivity index (χ0v) is 18.3. The van der Waals surface area contributed by atoms with Gasteiger partial charge >= 0.3 is 0 Å². The summed E-state index contributed by atoms with van der Waals surface area (Å²) in [5, 5.41) is 0. The monoisotopic (exact) mass is 445 g/mol. The highest BCUT2D eigenvalue weighted by Crippen LogP contribution is 2.33. The maximum Gasteiger partial charge on any atom is 0.227 e. The lowest BCUT2D eigenvalue weighted by molar-refractivity contribution is -0.117. The summed E-state index contributed by atoms with van der Waals surface area (Å²) in [5.41, 5.74) is 2.45. The number of anilines is 1. The zero-order chi connectivity index (χ0) is 22.8. The fourth-order valence-electron chi connectivity index (χ4n) is 4.36. The Morgan fingerprint density at radius 2 is 1.85 bits per heavy atom. The summed E-state index contributed by atoms with van der Waals surface area (Å²) >= 11 is 0. The number of para-hydroxylation sites is 2. The molecule has 33 heavy (non-hydrogen) atoms. The third-order valence-corrected chi connectivity index (χ3v) is 5.92. The molecule has 1 fully saturated rings. The fourth-order valence-corrected chi connectivity index (χ4v) is 4.36. The lowest BCUT2D eigenvalue weighted by atomic mass is 10.1. The first kappa shape index (κ1) is 21.0. The van der Waals surface area contributed by atoms with E-state index in [0.29, 0.717) is 31.8 Å². The predicted octanol–water partition coefficient (Wildman–Crippen LogP) is 4.78. The first-order chi connectivity index (χ1) is 16.1. The van der Waals surface area contributed by atoms with Crippen LogP contribution in [-0.2, 0) is 11.3 Å². The SMILES string of the molecule is COc1cccc(OCCn2c(C3CC(=O)N(c4cccc(F)c4)C3)nc3ccccc32)c1. The van der Waals surface area contributed by atoms with Crippen molar-refractivity contribution < 1.29 is 18.7 Å². The first-order valence-corrected chi connectivity index (χ1v) is 10.9. The van der Waals surface area contributed by atoms with Crippen LogP contribution in [0.25, 0.3) is 11.0 Å². The fraction of sp³-hybridized carbons (Fsp3) is 0.231. The van der Waals surface area contributed by atoms with Gasteiger partial charge in [-0.05, 0) is 42.5 Å². The zero-order valence-electron chi connectivity index (χ0n) is 18.3. The number of methoxy groups -OCH3 is 1. The van der Waals surface area contributed by atoms with E-state index < -0.39 is 0 Å². The number of amides is 1. The average molecular weight is 445 g/mol. The number of halogens is 1. The minimum atomic E-state index is -0.356. The normalized spacial score (nSPS) is 15.9. The van der Waals surface area contributed by atoms with Crippen molar-refractivity contribution in [2.24, 2.45) is 0 Å². The van der Waals surface area contributed by atoms with Crippen molar-refractivity contribution in [3.63, 3.8) is 0 Å². The Morgan fingerprint density at radius 3 is 2.70 bits per heavy atom. The molecule has 1 aliphatic heterocycles. The summed E-state index contributed by atoms with van der Waals surface area (Å²) < 4.78 is 27.1. The molecule has 6 nitrogen and oxygen atoms in total. The Kier molecular flexibility index (Phi) is 5.69. The number of ether oxygens (including phenoxy) is 2. The maximum atomic E-state index is 13.7. The standard InChI is InChI=1S/C26H24FN3O3/c1-32-21-8-5-9-22(16-21)33-13-12-29-24-11-3-2-10-23(24)28-26(29)18-14-25(31)30(17-18)20-7-4-6-19(27)15-20/h2-11,15-16,18H,12-14,17H2,1H3. The molecule has 0 bridgehead atoms. The number of imidazole rings is 1. The van der Waals surface area contributed by atoms with Crippen LogP contribution >= 0.6 is 0 Å². The van der Waals surface area contributed by atoms with Crippen molar-refractivity contribution in [2.45, 2.75) is 18.9 Å². The molecule has 1 aliphatic rings. The maximum absolute atomic E-state index is 13.7. The van der Waals surface area contributed by atoms with Gasteiger partial charge in [-0.1, -0.05) is 24.3 Å². The second kappa shape index (κ2) is 8.94. The van der Waals surface area contributed by atoms with Crippen LogP contribution in [0.4, 0.5) is 10.1 Å². The molecule has 1 unspecified atom stereocenters. The van der Waals surface area contributed by atoms with Gasteiger partial charge in [0, 0.05) is 30.6 Å². The van der Waals surface area contributed by atoms with E-state index in [1.165, 1.54) is 12.1 Å². The van der Waals surface area contributed by atoms with Gasteiger partial charge in [0.05, 0.1) is 24.7 Å². The van der Waals surface area contributed by atoms with Crippen molar-refractivity contribution in [1.82, 2.24) is 9.55 Å². The quantitative estimate of drug-likeness (QED) is 0.411. The van der Waals surface area contributed by atoms with E-state index in [9.17, 15) is 9.18 Å². The Labute approximate surface area is 191 Å². The van der Waals surface area contributed by atoms with Gasteiger partial charge < -0.3 is 18.9 Å². The summed E-state index contributed by atoms with van der Waals surface area (Å²) in [6.45, 7) is 1.48. The molecule has 0 aliphatic carbocycles. The van der Waals surface area contributed by atoms with Crippen LogP contribution in [0.2, 0.25) is 0 Å². The van der Waals surface area contributed by atoms with Gasteiger partial charge in [-0.25, -0.2) is 9.37 Å². The number of benzene rings is 3. The van der Waals surface area contributed by atoms with Gasteiger partial charge in [-0.2, -0.15) is 0 Å². The van der Waals surface area contributed by atoms with Crippen molar-refractivity contribution in [1.29, 1.82) is 0 Å². The minimum Gasteiger partial charge on any atom is -0.497 e. The number of hydrogen-bond donors (Lipinski definition) is 0. The van der Waals surface area contributed by atoms with Gasteiger partial charge in [-0.15, -0.1) is 0 Å². The molecule has 0 spiro atoms. The largest absolute Gasteiger partial charge is 0.497 e. The summed E-state index contributed by atoms with van der Waals surface area (Å²) in [7, 11) is 1.62. The van der Waals surface area contributed by atoms with Crippen LogP contribution in [0.3, 0.4) is 0 Å². The molecule has 1 atom stereocenters. The summed E-state index contributed by atoms with van der Waals surface area (Å²) in [5.74, 6) is 1.84. The molecule has 0 saturated carbocycles. The van der Waals surface area contributed by atoms with E-state index in [0.717, 1.165) is 28.4 Å². The van der Waals surface area contributed by atoms with Crippen LogP contribution in [0, 0.1) is 5.82 Å². The lowest BCUT2D eigenvalue weighted by Gasteiger charge is -2.17. The molecule has 0 radical (unpaired) electrons. The topological polar surface area (TPSA) is 56.6 Å². The van der Waals surface area contributed by atoms with Gasteiger partial charge in [-0.3, -0.25) is 4.79 Å². The third kappa shape index (κ3) is 4.26. The molecule has 5 rings (SSSR count). The first-order valence-electron chi connectivity index (χ1n) is 10.9. The Balaban J connectivity index is 1.39. The number of carbonyl (C=O) groups is 1. The Hall–Kier alpha value is -3.87. The number of aromatic nitrogens is 2. The van der Waals surface area contributed by atoms with Crippen molar-refractivity contribution in [3.8, 4) is 11.5 Å². The van der Waals surface area contributed by atoms with Gasteiger partial charge in [0.25, 0.3) is 0 Å². The summed E-state index contributed by atoms with van der Waals surface area (Å²) in [6, 6.07) is 21.6. The highest BCUT2D eigenvalue weighted by atomic mass is 19.1. The molecule has 1 saturated heterocycles. The molecule has 0 N–H and O–H groups in total. The highest BCUT2D eigenvalue weighted by molar-refractivity contribution is 5.96. The average Bonchev–Trinajstić information content (AvgIpc) is 3.40. The van der Waals surface area contributed by atoms with Crippen LogP contribution in [0.5, 0.6) is 11.5 Å². The third-order valence-electron chi connectivity index (χ3n) is 5.92.